The number of benzene rings is 1. The maximum Gasteiger partial charge on any atom is 0.260 e. The summed E-state index contributed by atoms with van der Waals surface area (Å²) in [6, 6.07) is 8.10. The van der Waals surface area contributed by atoms with Crippen molar-refractivity contribution in [2.45, 2.75) is 26.8 Å². The fourth-order valence-electron chi connectivity index (χ4n) is 1.80. The zero-order valence-electron chi connectivity index (χ0n) is 11.5. The van der Waals surface area contributed by atoms with Crippen molar-refractivity contribution in [1.82, 2.24) is 10.1 Å². The minimum atomic E-state index is 0.213. The summed E-state index contributed by atoms with van der Waals surface area (Å²) in [6.07, 6.45) is 0. The first-order valence-corrected chi connectivity index (χ1v) is 6.44. The number of rotatable bonds is 6. The lowest BCUT2D eigenvalue weighted by atomic mass is 10.1. The van der Waals surface area contributed by atoms with Crippen LogP contribution in [0.3, 0.4) is 0 Å². The number of nitrogens with one attached hydrogen (secondary N) is 1. The Morgan fingerprint density at radius 1 is 1.37 bits per heavy atom. The van der Waals surface area contributed by atoms with Crippen LogP contribution in [0.15, 0.2) is 28.8 Å². The molecule has 1 aromatic carbocycles. The fourth-order valence-corrected chi connectivity index (χ4v) is 1.80. The van der Waals surface area contributed by atoms with Gasteiger partial charge in [-0.3, -0.25) is 0 Å². The molecule has 0 aliphatic rings. The highest BCUT2D eigenvalue weighted by molar-refractivity contribution is 5.72. The van der Waals surface area contributed by atoms with Gasteiger partial charge in [-0.25, -0.2) is 0 Å². The number of anilines is 1. The average molecular weight is 261 g/mol. The molecule has 2 aromatic rings. The Bertz CT molecular complexity index is 525. The Hall–Kier alpha value is -1.88. The van der Waals surface area contributed by atoms with Crippen molar-refractivity contribution < 1.29 is 9.26 Å². The zero-order chi connectivity index (χ0) is 13.7. The van der Waals surface area contributed by atoms with Gasteiger partial charge < -0.3 is 14.6 Å². The molecule has 0 saturated carbocycles. The molecule has 0 saturated heterocycles. The minimum Gasteiger partial charge on any atom is -0.380 e. The van der Waals surface area contributed by atoms with Gasteiger partial charge >= 0.3 is 0 Å². The molecule has 0 aliphatic carbocycles. The molecule has 0 spiro atoms. The third-order valence-corrected chi connectivity index (χ3v) is 2.66. The fraction of sp³-hybridized carbons (Fsp3) is 0.429. The molecule has 19 heavy (non-hydrogen) atoms. The zero-order valence-corrected chi connectivity index (χ0v) is 11.5. The highest BCUT2D eigenvalue weighted by Gasteiger charge is 2.12. The van der Waals surface area contributed by atoms with Crippen molar-refractivity contribution >= 4 is 5.69 Å². The van der Waals surface area contributed by atoms with Gasteiger partial charge in [0.05, 0.1) is 12.2 Å². The van der Waals surface area contributed by atoms with E-state index in [1.54, 1.807) is 6.92 Å². The highest BCUT2D eigenvalue weighted by atomic mass is 16.5. The lowest BCUT2D eigenvalue weighted by Crippen LogP contribution is -2.22. The normalized spacial score (nSPS) is 12.4. The summed E-state index contributed by atoms with van der Waals surface area (Å²) in [7, 11) is 0. The molecule has 1 heterocycles. The SMILES string of the molecule is CCOCC(C)Nc1ccccc1-c1nc(C)no1. The third kappa shape index (κ3) is 3.54. The van der Waals surface area contributed by atoms with E-state index < -0.39 is 0 Å². The van der Waals surface area contributed by atoms with Crippen molar-refractivity contribution in [2.75, 3.05) is 18.5 Å². The van der Waals surface area contributed by atoms with E-state index in [2.05, 4.69) is 22.4 Å². The van der Waals surface area contributed by atoms with Crippen molar-refractivity contribution in [1.29, 1.82) is 0 Å². The summed E-state index contributed by atoms with van der Waals surface area (Å²) >= 11 is 0. The number of hydrogen-bond acceptors (Lipinski definition) is 5. The number of aromatic nitrogens is 2. The first-order valence-electron chi connectivity index (χ1n) is 6.44. The van der Waals surface area contributed by atoms with Crippen LogP contribution in [0.2, 0.25) is 0 Å². The van der Waals surface area contributed by atoms with Gasteiger partial charge in [-0.05, 0) is 32.9 Å². The second-order valence-electron chi connectivity index (χ2n) is 4.40. The van der Waals surface area contributed by atoms with Gasteiger partial charge in [0.1, 0.15) is 0 Å². The molecule has 0 fully saturated rings. The van der Waals surface area contributed by atoms with E-state index in [-0.39, 0.29) is 6.04 Å². The molecule has 0 amide bonds. The molecule has 1 atom stereocenters. The lowest BCUT2D eigenvalue weighted by molar-refractivity contribution is 0.141. The van der Waals surface area contributed by atoms with E-state index in [1.165, 1.54) is 0 Å². The van der Waals surface area contributed by atoms with E-state index in [4.69, 9.17) is 9.26 Å². The summed E-state index contributed by atoms with van der Waals surface area (Å²) in [4.78, 5) is 4.26. The van der Waals surface area contributed by atoms with E-state index >= 15 is 0 Å². The van der Waals surface area contributed by atoms with Crippen LogP contribution >= 0.6 is 0 Å². The number of ether oxygens (including phenoxy) is 1. The molecular weight excluding hydrogens is 242 g/mol. The molecule has 0 aliphatic heterocycles. The van der Waals surface area contributed by atoms with Gasteiger partial charge in [0.25, 0.3) is 5.89 Å². The largest absolute Gasteiger partial charge is 0.380 e. The summed E-state index contributed by atoms with van der Waals surface area (Å²) in [5, 5.41) is 7.22. The average Bonchev–Trinajstić information content (AvgIpc) is 2.83. The van der Waals surface area contributed by atoms with Gasteiger partial charge in [0, 0.05) is 18.3 Å². The van der Waals surface area contributed by atoms with Crippen molar-refractivity contribution in [3.63, 3.8) is 0 Å². The Labute approximate surface area is 113 Å². The summed E-state index contributed by atoms with van der Waals surface area (Å²) < 4.78 is 10.6. The smallest absolute Gasteiger partial charge is 0.260 e. The molecule has 2 rings (SSSR count). The summed E-state index contributed by atoms with van der Waals surface area (Å²) in [5.41, 5.74) is 1.88. The Balaban J connectivity index is 2.17. The minimum absolute atomic E-state index is 0.213. The molecule has 1 N–H and O–H groups in total. The van der Waals surface area contributed by atoms with Crippen LogP contribution in [0.1, 0.15) is 19.7 Å². The molecule has 0 radical (unpaired) electrons. The van der Waals surface area contributed by atoms with Crippen LogP contribution in [-0.4, -0.2) is 29.4 Å². The molecule has 1 aromatic heterocycles. The van der Waals surface area contributed by atoms with Gasteiger partial charge in [0.15, 0.2) is 5.82 Å². The third-order valence-electron chi connectivity index (χ3n) is 2.66. The second-order valence-corrected chi connectivity index (χ2v) is 4.40. The predicted molar refractivity (Wildman–Crippen MR) is 74.0 cm³/mol. The van der Waals surface area contributed by atoms with Gasteiger partial charge in [-0.15, -0.1) is 0 Å². The molecule has 5 heteroatoms. The van der Waals surface area contributed by atoms with E-state index in [1.807, 2.05) is 31.2 Å². The van der Waals surface area contributed by atoms with Crippen LogP contribution < -0.4 is 5.32 Å². The van der Waals surface area contributed by atoms with E-state index in [9.17, 15) is 0 Å². The number of hydrogen-bond donors (Lipinski definition) is 1. The topological polar surface area (TPSA) is 60.2 Å². The molecule has 102 valence electrons. The van der Waals surface area contributed by atoms with Crippen LogP contribution in [0.4, 0.5) is 5.69 Å². The van der Waals surface area contributed by atoms with E-state index in [0.717, 1.165) is 17.9 Å². The number of para-hydroxylation sites is 1. The second kappa shape index (κ2) is 6.33. The summed E-state index contributed by atoms with van der Waals surface area (Å²) in [5.74, 6) is 1.16. The number of nitrogens with zero attached hydrogens (tertiary/aromatic N) is 2. The van der Waals surface area contributed by atoms with Crippen LogP contribution in [0, 0.1) is 6.92 Å². The van der Waals surface area contributed by atoms with Crippen molar-refractivity contribution in [3.05, 3.63) is 30.1 Å². The van der Waals surface area contributed by atoms with Crippen LogP contribution in [0.5, 0.6) is 0 Å². The molecule has 5 nitrogen and oxygen atoms in total. The first-order chi connectivity index (χ1) is 9.20. The van der Waals surface area contributed by atoms with Crippen molar-refractivity contribution in [2.24, 2.45) is 0 Å². The Kier molecular flexibility index (Phi) is 4.52. The molecular formula is C14H19N3O2. The maximum absolute atomic E-state index is 5.40. The molecule has 1 unspecified atom stereocenters. The van der Waals surface area contributed by atoms with Crippen molar-refractivity contribution in [3.8, 4) is 11.5 Å². The lowest BCUT2D eigenvalue weighted by Gasteiger charge is -2.16. The van der Waals surface area contributed by atoms with Crippen LogP contribution in [-0.2, 0) is 4.74 Å². The van der Waals surface area contributed by atoms with Gasteiger partial charge in [0.2, 0.25) is 0 Å². The van der Waals surface area contributed by atoms with Gasteiger partial charge in [-0.2, -0.15) is 4.98 Å². The Morgan fingerprint density at radius 2 is 2.16 bits per heavy atom. The monoisotopic (exact) mass is 261 g/mol. The standard InChI is InChI=1S/C14H19N3O2/c1-4-18-9-10(2)15-13-8-6-5-7-12(13)14-16-11(3)17-19-14/h5-8,10,15H,4,9H2,1-3H3. The Morgan fingerprint density at radius 3 is 2.84 bits per heavy atom. The quantitative estimate of drug-likeness (QED) is 0.866. The van der Waals surface area contributed by atoms with Gasteiger partial charge in [-0.1, -0.05) is 17.3 Å². The molecule has 0 bridgehead atoms. The maximum atomic E-state index is 5.40. The summed E-state index contributed by atoms with van der Waals surface area (Å²) in [6.45, 7) is 7.25. The van der Waals surface area contributed by atoms with E-state index in [0.29, 0.717) is 18.3 Å². The predicted octanol–water partition coefficient (Wildman–Crippen LogP) is 2.88. The number of aryl methyl sites for hydroxylation is 1. The van der Waals surface area contributed by atoms with Crippen LogP contribution in [0.25, 0.3) is 11.5 Å². The highest BCUT2D eigenvalue weighted by Crippen LogP contribution is 2.26. The first kappa shape index (κ1) is 13.5.